The van der Waals surface area contributed by atoms with Gasteiger partial charge in [0.2, 0.25) is 0 Å². The highest BCUT2D eigenvalue weighted by Gasteiger charge is 2.11. The molecule has 19 heavy (non-hydrogen) atoms. The lowest BCUT2D eigenvalue weighted by atomic mass is 10.3. The Bertz CT molecular complexity index is 615. The number of nitro groups is 1. The SMILES string of the molecule is COc1ccccc1Oc1cc(I)cc([N+](=O)[O-])c1. The largest absolute Gasteiger partial charge is 0.493 e. The topological polar surface area (TPSA) is 61.6 Å². The molecule has 98 valence electrons. The number of methoxy groups -OCH3 is 1. The molecule has 0 N–H and O–H groups in total. The molecule has 5 nitrogen and oxygen atoms in total. The molecule has 0 aliphatic heterocycles. The fraction of sp³-hybridized carbons (Fsp3) is 0.0769. The molecule has 0 spiro atoms. The molecule has 2 rings (SSSR count). The van der Waals surface area contributed by atoms with Crippen molar-refractivity contribution in [3.8, 4) is 17.2 Å². The van der Waals surface area contributed by atoms with Crippen molar-refractivity contribution in [2.75, 3.05) is 7.11 Å². The number of ether oxygens (including phenoxy) is 2. The van der Waals surface area contributed by atoms with E-state index < -0.39 is 4.92 Å². The van der Waals surface area contributed by atoms with Crippen molar-refractivity contribution in [3.63, 3.8) is 0 Å². The molecule has 0 aromatic heterocycles. The Hall–Kier alpha value is -1.83. The molecule has 2 aromatic rings. The average Bonchev–Trinajstić information content (AvgIpc) is 2.38. The molecule has 0 radical (unpaired) electrons. The molecular weight excluding hydrogens is 361 g/mol. The maximum atomic E-state index is 10.8. The number of halogens is 1. The van der Waals surface area contributed by atoms with Gasteiger partial charge in [-0.15, -0.1) is 0 Å². The van der Waals surface area contributed by atoms with Gasteiger partial charge >= 0.3 is 0 Å². The van der Waals surface area contributed by atoms with Gasteiger partial charge in [0.1, 0.15) is 5.75 Å². The smallest absolute Gasteiger partial charge is 0.274 e. The van der Waals surface area contributed by atoms with Crippen molar-refractivity contribution in [1.29, 1.82) is 0 Å². The number of hydrogen-bond acceptors (Lipinski definition) is 4. The van der Waals surface area contributed by atoms with E-state index in [2.05, 4.69) is 0 Å². The van der Waals surface area contributed by atoms with E-state index in [4.69, 9.17) is 9.47 Å². The monoisotopic (exact) mass is 371 g/mol. The maximum Gasteiger partial charge on any atom is 0.274 e. The highest BCUT2D eigenvalue weighted by atomic mass is 127. The van der Waals surface area contributed by atoms with Crippen molar-refractivity contribution in [1.82, 2.24) is 0 Å². The summed E-state index contributed by atoms with van der Waals surface area (Å²) in [5.74, 6) is 1.49. The van der Waals surface area contributed by atoms with Crippen LogP contribution in [-0.4, -0.2) is 12.0 Å². The summed E-state index contributed by atoms with van der Waals surface area (Å²) in [5, 5.41) is 10.8. The number of non-ortho nitro benzene ring substituents is 1. The van der Waals surface area contributed by atoms with Gasteiger partial charge in [0.15, 0.2) is 11.5 Å². The Morgan fingerprint density at radius 2 is 1.84 bits per heavy atom. The van der Waals surface area contributed by atoms with Crippen molar-refractivity contribution in [3.05, 3.63) is 56.1 Å². The molecule has 0 aliphatic rings. The van der Waals surface area contributed by atoms with E-state index in [0.29, 0.717) is 17.2 Å². The summed E-state index contributed by atoms with van der Waals surface area (Å²) in [6, 6.07) is 11.7. The van der Waals surface area contributed by atoms with Gasteiger partial charge in [-0.05, 0) is 40.8 Å². The van der Waals surface area contributed by atoms with Crippen LogP contribution in [0.25, 0.3) is 0 Å². The van der Waals surface area contributed by atoms with Gasteiger partial charge in [0.05, 0.1) is 18.1 Å². The Morgan fingerprint density at radius 1 is 1.16 bits per heavy atom. The van der Waals surface area contributed by atoms with Crippen molar-refractivity contribution in [2.24, 2.45) is 0 Å². The molecular formula is C13H10INO4. The van der Waals surface area contributed by atoms with Crippen LogP contribution in [0.5, 0.6) is 17.2 Å². The summed E-state index contributed by atoms with van der Waals surface area (Å²) in [6.45, 7) is 0. The average molecular weight is 371 g/mol. The van der Waals surface area contributed by atoms with Crippen LogP contribution in [0, 0.1) is 13.7 Å². The zero-order valence-corrected chi connectivity index (χ0v) is 12.2. The van der Waals surface area contributed by atoms with Crippen LogP contribution < -0.4 is 9.47 Å². The lowest BCUT2D eigenvalue weighted by molar-refractivity contribution is -0.385. The lowest BCUT2D eigenvalue weighted by Crippen LogP contribution is -1.93. The Morgan fingerprint density at radius 3 is 2.47 bits per heavy atom. The number of rotatable bonds is 4. The van der Waals surface area contributed by atoms with Gasteiger partial charge in [0, 0.05) is 9.64 Å². The van der Waals surface area contributed by atoms with Crippen LogP contribution in [0.1, 0.15) is 0 Å². The fourth-order valence-electron chi connectivity index (χ4n) is 1.54. The van der Waals surface area contributed by atoms with E-state index in [9.17, 15) is 10.1 Å². The van der Waals surface area contributed by atoms with E-state index in [1.54, 1.807) is 31.4 Å². The van der Waals surface area contributed by atoms with Gasteiger partial charge in [-0.2, -0.15) is 0 Å². The first-order valence-electron chi connectivity index (χ1n) is 5.36. The summed E-state index contributed by atoms with van der Waals surface area (Å²) in [4.78, 5) is 10.4. The first-order valence-corrected chi connectivity index (χ1v) is 6.44. The van der Waals surface area contributed by atoms with E-state index in [1.165, 1.54) is 12.1 Å². The molecule has 0 unspecified atom stereocenters. The van der Waals surface area contributed by atoms with Gasteiger partial charge in [-0.3, -0.25) is 10.1 Å². The molecule has 0 saturated carbocycles. The zero-order valence-electron chi connectivity index (χ0n) is 10.00. The van der Waals surface area contributed by atoms with Gasteiger partial charge in [-0.1, -0.05) is 12.1 Å². The quantitative estimate of drug-likeness (QED) is 0.463. The highest BCUT2D eigenvalue weighted by Crippen LogP contribution is 2.33. The van der Waals surface area contributed by atoms with Crippen LogP contribution >= 0.6 is 22.6 Å². The van der Waals surface area contributed by atoms with E-state index in [1.807, 2.05) is 28.7 Å². The predicted octanol–water partition coefficient (Wildman–Crippen LogP) is 4.00. The fourth-order valence-corrected chi connectivity index (χ4v) is 2.17. The number of nitro benzene ring substituents is 1. The van der Waals surface area contributed by atoms with Gasteiger partial charge in [-0.25, -0.2) is 0 Å². The summed E-state index contributed by atoms with van der Waals surface area (Å²) in [5.41, 5.74) is -0.00296. The normalized spacial score (nSPS) is 10.0. The first kappa shape index (κ1) is 13.6. The Balaban J connectivity index is 2.35. The minimum absolute atomic E-state index is 0.00296. The maximum absolute atomic E-state index is 10.8. The van der Waals surface area contributed by atoms with E-state index in [0.717, 1.165) is 3.57 Å². The van der Waals surface area contributed by atoms with E-state index >= 15 is 0 Å². The number of para-hydroxylation sites is 2. The minimum atomic E-state index is -0.447. The second-order valence-corrected chi connectivity index (χ2v) is 4.90. The molecule has 0 fully saturated rings. The van der Waals surface area contributed by atoms with Crippen molar-refractivity contribution in [2.45, 2.75) is 0 Å². The zero-order chi connectivity index (χ0) is 13.8. The lowest BCUT2D eigenvalue weighted by Gasteiger charge is -2.10. The van der Waals surface area contributed by atoms with Crippen molar-refractivity contribution < 1.29 is 14.4 Å². The summed E-state index contributed by atoms with van der Waals surface area (Å²) < 4.78 is 11.5. The standard InChI is InChI=1S/C13H10INO4/c1-18-12-4-2-3-5-13(12)19-11-7-9(14)6-10(8-11)15(16)17/h2-8H,1H3. The van der Waals surface area contributed by atoms with Crippen LogP contribution in [0.4, 0.5) is 5.69 Å². The van der Waals surface area contributed by atoms with Gasteiger partial charge in [0.25, 0.3) is 5.69 Å². The van der Waals surface area contributed by atoms with Crippen LogP contribution in [0.2, 0.25) is 0 Å². The third-order valence-electron chi connectivity index (χ3n) is 2.36. The van der Waals surface area contributed by atoms with Crippen molar-refractivity contribution >= 4 is 28.3 Å². The summed E-state index contributed by atoms with van der Waals surface area (Å²) >= 11 is 2.01. The van der Waals surface area contributed by atoms with E-state index in [-0.39, 0.29) is 5.69 Å². The molecule has 0 atom stereocenters. The minimum Gasteiger partial charge on any atom is -0.493 e. The molecule has 0 bridgehead atoms. The first-order chi connectivity index (χ1) is 9.10. The number of hydrogen-bond donors (Lipinski definition) is 0. The number of benzene rings is 2. The third kappa shape index (κ3) is 3.34. The molecule has 0 heterocycles. The number of nitrogens with zero attached hydrogens (tertiary/aromatic N) is 1. The Kier molecular flexibility index (Phi) is 4.20. The van der Waals surface area contributed by atoms with Gasteiger partial charge < -0.3 is 9.47 Å². The summed E-state index contributed by atoms with van der Waals surface area (Å²) in [6.07, 6.45) is 0. The van der Waals surface area contributed by atoms with Crippen LogP contribution in [0.15, 0.2) is 42.5 Å². The summed E-state index contributed by atoms with van der Waals surface area (Å²) in [7, 11) is 1.54. The Labute approximate surface area is 123 Å². The van der Waals surface area contributed by atoms with Crippen LogP contribution in [-0.2, 0) is 0 Å². The molecule has 2 aromatic carbocycles. The highest BCUT2D eigenvalue weighted by molar-refractivity contribution is 14.1. The molecule has 6 heteroatoms. The second kappa shape index (κ2) is 5.87. The molecule has 0 amide bonds. The molecule has 0 aliphatic carbocycles. The predicted molar refractivity (Wildman–Crippen MR) is 78.9 cm³/mol. The third-order valence-corrected chi connectivity index (χ3v) is 2.99. The van der Waals surface area contributed by atoms with Crippen LogP contribution in [0.3, 0.4) is 0 Å². The second-order valence-electron chi connectivity index (χ2n) is 3.66. The molecule has 0 saturated heterocycles.